The maximum absolute atomic E-state index is 12.5. The number of rotatable bonds is 3. The summed E-state index contributed by atoms with van der Waals surface area (Å²) in [6.45, 7) is 4.31. The Labute approximate surface area is 131 Å². The van der Waals surface area contributed by atoms with Crippen LogP contribution in [0.1, 0.15) is 30.9 Å². The summed E-state index contributed by atoms with van der Waals surface area (Å²) in [5.41, 5.74) is 3.41. The highest BCUT2D eigenvalue weighted by Crippen LogP contribution is 2.42. The molecule has 3 nitrogen and oxygen atoms in total. The quantitative estimate of drug-likeness (QED) is 0.875. The Hall–Kier alpha value is -2.29. The number of carbonyl (C=O) groups is 1. The van der Waals surface area contributed by atoms with Gasteiger partial charge in [-0.3, -0.25) is 4.79 Å². The second-order valence-electron chi connectivity index (χ2n) is 5.69. The number of carbonyl (C=O) groups excluding carboxylic acids is 1. The minimum absolute atomic E-state index is 0.0210. The van der Waals surface area contributed by atoms with E-state index in [1.54, 1.807) is 0 Å². The number of nitrogens with one attached hydrogen (secondary N) is 1. The smallest absolute Gasteiger partial charge is 0.311 e. The minimum atomic E-state index is -0.225. The Morgan fingerprint density at radius 2 is 1.77 bits per heavy atom. The number of benzene rings is 2. The van der Waals surface area contributed by atoms with Crippen molar-refractivity contribution in [2.45, 2.75) is 25.8 Å². The van der Waals surface area contributed by atoms with Crippen LogP contribution >= 0.6 is 0 Å². The van der Waals surface area contributed by atoms with Crippen LogP contribution in [0.4, 0.5) is 5.69 Å². The first kappa shape index (κ1) is 14.6. The zero-order valence-corrected chi connectivity index (χ0v) is 13.0. The van der Waals surface area contributed by atoms with Gasteiger partial charge in [-0.15, -0.1) is 0 Å². The second kappa shape index (κ2) is 6.22. The number of esters is 1. The van der Waals surface area contributed by atoms with E-state index in [4.69, 9.17) is 4.74 Å². The molecule has 3 heteroatoms. The summed E-state index contributed by atoms with van der Waals surface area (Å²) in [6.07, 6.45) is 0. The molecule has 0 spiro atoms. The minimum Gasteiger partial charge on any atom is -0.466 e. The first-order valence-corrected chi connectivity index (χ1v) is 7.79. The van der Waals surface area contributed by atoms with Gasteiger partial charge in [-0.05, 0) is 31.0 Å². The van der Waals surface area contributed by atoms with Gasteiger partial charge in [0.25, 0.3) is 0 Å². The number of hydrogen-bond donors (Lipinski definition) is 1. The summed E-state index contributed by atoms with van der Waals surface area (Å²) in [5, 5.41) is 3.45. The molecule has 1 aliphatic rings. The van der Waals surface area contributed by atoms with Gasteiger partial charge in [0.15, 0.2) is 0 Å². The third kappa shape index (κ3) is 2.59. The molecular weight excluding hydrogens is 274 g/mol. The van der Waals surface area contributed by atoms with E-state index in [0.717, 1.165) is 16.8 Å². The molecule has 0 aromatic heterocycles. The predicted molar refractivity (Wildman–Crippen MR) is 87.9 cm³/mol. The highest BCUT2D eigenvalue weighted by Gasteiger charge is 2.40. The van der Waals surface area contributed by atoms with E-state index in [1.165, 1.54) is 0 Å². The van der Waals surface area contributed by atoms with Crippen molar-refractivity contribution in [2.75, 3.05) is 11.9 Å². The fourth-order valence-electron chi connectivity index (χ4n) is 3.34. The van der Waals surface area contributed by atoms with Crippen LogP contribution in [0.3, 0.4) is 0 Å². The van der Waals surface area contributed by atoms with Gasteiger partial charge in [0, 0.05) is 17.6 Å². The number of anilines is 1. The largest absolute Gasteiger partial charge is 0.466 e. The summed E-state index contributed by atoms with van der Waals surface area (Å²) in [6, 6.07) is 18.5. The standard InChI is InChI=1S/C19H21NO2/c1-3-22-19(21)17-13(2)20-16-12-8-7-11-15(16)18(17)14-9-5-4-6-10-14/h4-13,17-18,20H,3H2,1-2H3/t13-,17-,18-/m1/s1. The Morgan fingerprint density at radius 3 is 2.50 bits per heavy atom. The van der Waals surface area contributed by atoms with Gasteiger partial charge in [0.1, 0.15) is 0 Å². The molecule has 0 unspecified atom stereocenters. The lowest BCUT2D eigenvalue weighted by atomic mass is 9.74. The monoisotopic (exact) mass is 295 g/mol. The highest BCUT2D eigenvalue weighted by atomic mass is 16.5. The van der Waals surface area contributed by atoms with E-state index < -0.39 is 0 Å². The Balaban J connectivity index is 2.10. The summed E-state index contributed by atoms with van der Waals surface area (Å²) >= 11 is 0. The normalized spacial score (nSPS) is 23.3. The topological polar surface area (TPSA) is 38.3 Å². The van der Waals surface area contributed by atoms with Crippen molar-refractivity contribution < 1.29 is 9.53 Å². The molecule has 114 valence electrons. The van der Waals surface area contributed by atoms with Crippen LogP contribution in [0.25, 0.3) is 0 Å². The van der Waals surface area contributed by atoms with Crippen molar-refractivity contribution in [2.24, 2.45) is 5.92 Å². The van der Waals surface area contributed by atoms with Crippen molar-refractivity contribution in [3.63, 3.8) is 0 Å². The Morgan fingerprint density at radius 1 is 1.09 bits per heavy atom. The van der Waals surface area contributed by atoms with Crippen LogP contribution in [0.5, 0.6) is 0 Å². The second-order valence-corrected chi connectivity index (χ2v) is 5.69. The van der Waals surface area contributed by atoms with Crippen LogP contribution < -0.4 is 5.32 Å². The Kier molecular flexibility index (Phi) is 4.14. The summed E-state index contributed by atoms with van der Waals surface area (Å²) in [7, 11) is 0. The highest BCUT2D eigenvalue weighted by molar-refractivity contribution is 5.78. The summed E-state index contributed by atoms with van der Waals surface area (Å²) in [4.78, 5) is 12.5. The van der Waals surface area contributed by atoms with Gasteiger partial charge in [-0.1, -0.05) is 48.5 Å². The number of ether oxygens (including phenoxy) is 1. The SMILES string of the molecule is CCOC(=O)[C@H]1[C@H](c2ccccc2)c2ccccc2N[C@@H]1C. The first-order valence-electron chi connectivity index (χ1n) is 7.79. The zero-order valence-electron chi connectivity index (χ0n) is 13.0. The van der Waals surface area contributed by atoms with E-state index in [0.29, 0.717) is 6.61 Å². The average Bonchev–Trinajstić information content (AvgIpc) is 2.54. The third-order valence-electron chi connectivity index (χ3n) is 4.29. The van der Waals surface area contributed by atoms with E-state index in [1.807, 2.05) is 44.2 Å². The van der Waals surface area contributed by atoms with E-state index >= 15 is 0 Å². The van der Waals surface area contributed by atoms with Crippen LogP contribution in [0.2, 0.25) is 0 Å². The molecule has 0 saturated carbocycles. The molecule has 0 bridgehead atoms. The van der Waals surface area contributed by atoms with Crippen LogP contribution in [0, 0.1) is 5.92 Å². The molecule has 22 heavy (non-hydrogen) atoms. The van der Waals surface area contributed by atoms with Gasteiger partial charge in [-0.2, -0.15) is 0 Å². The van der Waals surface area contributed by atoms with Gasteiger partial charge >= 0.3 is 5.97 Å². The van der Waals surface area contributed by atoms with Gasteiger partial charge in [0.2, 0.25) is 0 Å². The first-order chi connectivity index (χ1) is 10.7. The molecule has 1 heterocycles. The number of hydrogen-bond acceptors (Lipinski definition) is 3. The third-order valence-corrected chi connectivity index (χ3v) is 4.29. The molecule has 0 aliphatic carbocycles. The lowest BCUT2D eigenvalue weighted by Gasteiger charge is -2.38. The molecule has 0 fully saturated rings. The Bertz CT molecular complexity index is 653. The van der Waals surface area contributed by atoms with Crippen molar-refractivity contribution in [1.29, 1.82) is 0 Å². The van der Waals surface area contributed by atoms with Crippen LogP contribution in [0.15, 0.2) is 54.6 Å². The van der Waals surface area contributed by atoms with Crippen molar-refractivity contribution in [3.8, 4) is 0 Å². The van der Waals surface area contributed by atoms with Crippen molar-refractivity contribution in [1.82, 2.24) is 0 Å². The average molecular weight is 295 g/mol. The number of para-hydroxylation sites is 1. The molecule has 1 N–H and O–H groups in total. The van der Waals surface area contributed by atoms with E-state index in [9.17, 15) is 4.79 Å². The molecule has 0 radical (unpaired) electrons. The molecule has 2 aromatic carbocycles. The molecule has 0 saturated heterocycles. The molecule has 3 atom stereocenters. The predicted octanol–water partition coefficient (Wildman–Crippen LogP) is 3.81. The van der Waals surface area contributed by atoms with Gasteiger partial charge in [-0.25, -0.2) is 0 Å². The van der Waals surface area contributed by atoms with Crippen molar-refractivity contribution >= 4 is 11.7 Å². The summed E-state index contributed by atoms with van der Waals surface area (Å²) in [5.74, 6) is -0.337. The van der Waals surface area contributed by atoms with Crippen LogP contribution in [-0.4, -0.2) is 18.6 Å². The fraction of sp³-hybridized carbons (Fsp3) is 0.316. The fourth-order valence-corrected chi connectivity index (χ4v) is 3.34. The molecular formula is C19H21NO2. The van der Waals surface area contributed by atoms with Crippen molar-refractivity contribution in [3.05, 3.63) is 65.7 Å². The molecule has 1 aliphatic heterocycles. The molecule has 0 amide bonds. The summed E-state index contributed by atoms with van der Waals surface area (Å²) < 4.78 is 5.34. The van der Waals surface area contributed by atoms with Gasteiger partial charge in [0.05, 0.1) is 12.5 Å². The molecule has 3 rings (SSSR count). The lowest BCUT2D eigenvalue weighted by molar-refractivity contribution is -0.149. The zero-order chi connectivity index (χ0) is 15.5. The molecule has 2 aromatic rings. The lowest BCUT2D eigenvalue weighted by Crippen LogP contribution is -2.42. The van der Waals surface area contributed by atoms with E-state index in [-0.39, 0.29) is 23.8 Å². The maximum atomic E-state index is 12.5. The van der Waals surface area contributed by atoms with E-state index in [2.05, 4.69) is 29.6 Å². The van der Waals surface area contributed by atoms with Gasteiger partial charge < -0.3 is 10.1 Å². The number of fused-ring (bicyclic) bond motifs is 1. The maximum Gasteiger partial charge on any atom is 0.311 e. The van der Waals surface area contributed by atoms with Crippen LogP contribution in [-0.2, 0) is 9.53 Å².